The molecule has 2 heterocycles. The molecule has 4 nitrogen and oxygen atoms in total. The lowest BCUT2D eigenvalue weighted by molar-refractivity contribution is 0.232. The van der Waals surface area contributed by atoms with Crippen LogP contribution in [0.25, 0.3) is 0 Å². The maximum absolute atomic E-state index is 11.7. The van der Waals surface area contributed by atoms with Crippen LogP contribution >= 0.6 is 0 Å². The Kier molecular flexibility index (Phi) is 5.97. The van der Waals surface area contributed by atoms with Crippen molar-refractivity contribution in [2.45, 2.75) is 52.1 Å². The second-order valence-corrected chi connectivity index (χ2v) is 8.51. The molecule has 3 atom stereocenters. The van der Waals surface area contributed by atoms with Crippen LogP contribution in [0.1, 0.15) is 49.7 Å². The summed E-state index contributed by atoms with van der Waals surface area (Å²) in [6, 6.07) is 1.94. The van der Waals surface area contributed by atoms with Crippen molar-refractivity contribution in [3.63, 3.8) is 0 Å². The highest BCUT2D eigenvalue weighted by atomic mass is 32.2. The number of hydrogen-bond donors (Lipinski definition) is 0. The van der Waals surface area contributed by atoms with E-state index < -0.39 is 22.1 Å². The van der Waals surface area contributed by atoms with Gasteiger partial charge < -0.3 is 4.42 Å². The summed E-state index contributed by atoms with van der Waals surface area (Å²) in [6.45, 7) is 13.9. The van der Waals surface area contributed by atoms with Crippen LogP contribution in [0, 0.1) is 24.7 Å². The van der Waals surface area contributed by atoms with E-state index in [9.17, 15) is 8.42 Å². The first kappa shape index (κ1) is 19.6. The zero-order valence-corrected chi connectivity index (χ0v) is 16.2. The van der Waals surface area contributed by atoms with Gasteiger partial charge in [0, 0.05) is 12.8 Å². The lowest BCUT2D eigenvalue weighted by atomic mass is 9.89. The first-order valence-corrected chi connectivity index (χ1v) is 10.2. The third-order valence-electron chi connectivity index (χ3n) is 4.45. The van der Waals surface area contributed by atoms with Crippen molar-refractivity contribution in [1.29, 1.82) is 0 Å². The van der Waals surface area contributed by atoms with Gasteiger partial charge >= 0.3 is 0 Å². The molecule has 0 spiro atoms. The van der Waals surface area contributed by atoms with E-state index in [1.54, 1.807) is 0 Å². The van der Waals surface area contributed by atoms with E-state index in [1.807, 2.05) is 26.8 Å². The zero-order valence-electron chi connectivity index (χ0n) is 15.4. The Labute approximate surface area is 151 Å². The van der Waals surface area contributed by atoms with Crippen LogP contribution < -0.4 is 0 Å². The molecular weight excluding hydrogens is 336 g/mol. The van der Waals surface area contributed by atoms with Crippen LogP contribution in [0.15, 0.2) is 34.8 Å². The molecular formula is C20H26O4S. The minimum Gasteiger partial charge on any atom is -0.465 e. The lowest BCUT2D eigenvalue weighted by Gasteiger charge is -2.21. The fraction of sp³-hybridized carbons (Fsp3) is 0.500. The summed E-state index contributed by atoms with van der Waals surface area (Å²) in [5.41, 5.74) is 2.89. The van der Waals surface area contributed by atoms with Crippen molar-refractivity contribution in [1.82, 2.24) is 0 Å². The molecule has 136 valence electrons. The first-order valence-electron chi connectivity index (χ1n) is 8.35. The van der Waals surface area contributed by atoms with E-state index in [1.165, 1.54) is 0 Å². The molecule has 0 radical (unpaired) electrons. The molecule has 2 bridgehead atoms. The van der Waals surface area contributed by atoms with Gasteiger partial charge in [-0.2, -0.15) is 8.42 Å². The summed E-state index contributed by atoms with van der Waals surface area (Å²) in [6.07, 6.45) is 2.46. The molecule has 1 aliphatic rings. The number of aryl methyl sites for hydroxylation is 1. The van der Waals surface area contributed by atoms with Crippen LogP contribution in [-0.2, 0) is 20.7 Å². The van der Waals surface area contributed by atoms with E-state index in [4.69, 9.17) is 8.60 Å². The molecule has 0 N–H and O–H groups in total. The second kappa shape index (κ2) is 7.63. The lowest BCUT2D eigenvalue weighted by Crippen LogP contribution is -2.24. The van der Waals surface area contributed by atoms with Gasteiger partial charge in [-0.3, -0.25) is 4.18 Å². The molecule has 0 aliphatic carbocycles. The monoisotopic (exact) mass is 362 g/mol. The Bertz CT molecular complexity index is 833. The van der Waals surface area contributed by atoms with E-state index in [-0.39, 0.29) is 5.92 Å². The average Bonchev–Trinajstić information content (AvgIpc) is 2.77. The molecule has 25 heavy (non-hydrogen) atoms. The summed E-state index contributed by atoms with van der Waals surface area (Å²) >= 11 is 0. The Morgan fingerprint density at radius 1 is 1.32 bits per heavy atom. The average molecular weight is 362 g/mol. The maximum atomic E-state index is 11.7. The van der Waals surface area contributed by atoms with Gasteiger partial charge in [0.05, 0.1) is 12.2 Å². The number of hydrogen-bond acceptors (Lipinski definition) is 4. The molecule has 5 heteroatoms. The molecule has 0 unspecified atom stereocenters. The molecule has 1 aromatic heterocycles. The Balaban J connectivity index is 2.54. The van der Waals surface area contributed by atoms with E-state index >= 15 is 0 Å². The molecule has 0 fully saturated rings. The van der Waals surface area contributed by atoms with Gasteiger partial charge in [0.1, 0.15) is 11.5 Å². The maximum Gasteiger partial charge on any atom is 0.265 e. The topological polar surface area (TPSA) is 56.5 Å². The first-order chi connectivity index (χ1) is 11.6. The van der Waals surface area contributed by atoms with Crippen molar-refractivity contribution >= 4 is 10.1 Å². The van der Waals surface area contributed by atoms with Gasteiger partial charge in [0.2, 0.25) is 0 Å². The summed E-state index contributed by atoms with van der Waals surface area (Å²) in [4.78, 5) is 0. The summed E-state index contributed by atoms with van der Waals surface area (Å²) in [5.74, 6) is 7.44. The normalized spacial score (nSPS) is 23.9. The highest BCUT2D eigenvalue weighted by molar-refractivity contribution is 7.86. The molecule has 0 aromatic carbocycles. The third-order valence-corrected chi connectivity index (χ3v) is 5.01. The molecule has 1 aliphatic heterocycles. The summed E-state index contributed by atoms with van der Waals surface area (Å²) in [5, 5.41) is 0. The smallest absolute Gasteiger partial charge is 0.265 e. The van der Waals surface area contributed by atoms with Crippen molar-refractivity contribution in [3.05, 3.63) is 47.5 Å². The Hall–Kier alpha value is -1.77. The van der Waals surface area contributed by atoms with Gasteiger partial charge in [-0.1, -0.05) is 30.2 Å². The number of fused-ring (bicyclic) bond motifs is 2. The van der Waals surface area contributed by atoms with Gasteiger partial charge in [-0.25, -0.2) is 0 Å². The van der Waals surface area contributed by atoms with Gasteiger partial charge in [-0.05, 0) is 44.7 Å². The largest absolute Gasteiger partial charge is 0.465 e. The SMILES string of the molecule is C=C(C)[C@H]1CCC#C[C@H](OS(C)(=O)=O)[C@H](C(=C)C)c2cc(C)c(o2)C1. The number of allylic oxidation sites excluding steroid dienone is 1. The van der Waals surface area contributed by atoms with Crippen molar-refractivity contribution in [3.8, 4) is 11.8 Å². The molecule has 2 rings (SSSR count). The minimum atomic E-state index is -3.66. The highest BCUT2D eigenvalue weighted by Crippen LogP contribution is 2.34. The van der Waals surface area contributed by atoms with Crippen LogP contribution in [0.2, 0.25) is 0 Å². The van der Waals surface area contributed by atoms with Crippen LogP contribution in [-0.4, -0.2) is 20.8 Å². The predicted octanol–water partition coefficient (Wildman–Crippen LogP) is 4.12. The van der Waals surface area contributed by atoms with Crippen LogP contribution in [0.5, 0.6) is 0 Å². The molecule has 0 saturated heterocycles. The molecule has 0 saturated carbocycles. The molecule has 0 amide bonds. The minimum absolute atomic E-state index is 0.280. The van der Waals surface area contributed by atoms with Gasteiger partial charge in [-0.15, -0.1) is 5.92 Å². The third kappa shape index (κ3) is 5.10. The fourth-order valence-corrected chi connectivity index (χ4v) is 3.61. The summed E-state index contributed by atoms with van der Waals surface area (Å²) in [7, 11) is -3.66. The van der Waals surface area contributed by atoms with Crippen molar-refractivity contribution in [2.75, 3.05) is 6.26 Å². The van der Waals surface area contributed by atoms with E-state index in [0.29, 0.717) is 12.2 Å². The van der Waals surface area contributed by atoms with E-state index in [2.05, 4.69) is 25.0 Å². The highest BCUT2D eigenvalue weighted by Gasteiger charge is 2.31. The van der Waals surface area contributed by atoms with Crippen LogP contribution in [0.4, 0.5) is 0 Å². The quantitative estimate of drug-likeness (QED) is 0.459. The number of furan rings is 1. The Morgan fingerprint density at radius 2 is 2.00 bits per heavy atom. The predicted molar refractivity (Wildman–Crippen MR) is 99.7 cm³/mol. The standard InChI is InChI=1S/C20H26O4S/c1-13(2)16-9-7-8-10-17(24-25(6,21)22)20(14(3)4)19-11-15(5)18(12-16)23-19/h11,16-17,20H,1,3,7,9,12H2,2,4-6H3/t16-,17-,20-/m0/s1. The molecule has 1 aromatic rings. The zero-order chi connectivity index (χ0) is 18.8. The summed E-state index contributed by atoms with van der Waals surface area (Å²) < 4.78 is 34.8. The van der Waals surface area contributed by atoms with Crippen molar-refractivity contribution in [2.24, 2.45) is 5.92 Å². The fourth-order valence-electron chi connectivity index (χ4n) is 3.07. The Morgan fingerprint density at radius 3 is 2.56 bits per heavy atom. The van der Waals surface area contributed by atoms with Gasteiger partial charge in [0.15, 0.2) is 6.10 Å². The van der Waals surface area contributed by atoms with E-state index in [0.717, 1.165) is 41.6 Å². The van der Waals surface area contributed by atoms with Crippen molar-refractivity contribution < 1.29 is 17.0 Å². The van der Waals surface area contributed by atoms with Crippen LogP contribution in [0.3, 0.4) is 0 Å². The second-order valence-electron chi connectivity index (χ2n) is 6.91. The van der Waals surface area contributed by atoms with Gasteiger partial charge in [0.25, 0.3) is 10.1 Å². The number of rotatable bonds is 4.